The van der Waals surface area contributed by atoms with Crippen LogP contribution in [-0.4, -0.2) is 43.9 Å². The summed E-state index contributed by atoms with van der Waals surface area (Å²) < 4.78 is 10.2. The molecule has 0 heterocycles. The molecule has 0 aromatic rings. The van der Waals surface area contributed by atoms with E-state index in [-0.39, 0.29) is 12.7 Å². The second-order valence-corrected chi connectivity index (χ2v) is 2.99. The van der Waals surface area contributed by atoms with Crippen LogP contribution in [0.5, 0.6) is 0 Å². The number of nitrogens with one attached hydrogen (secondary N) is 1. The smallest absolute Gasteiger partial charge is 0.0807 e. The molecule has 0 aliphatic carbocycles. The number of hydrogen-bond acceptors (Lipinski definition) is 4. The molecule has 78 valence electrons. The molecule has 0 saturated carbocycles. The number of aliphatic hydroxyl groups excluding tert-OH is 1. The molecule has 0 aromatic heterocycles. The summed E-state index contributed by atoms with van der Waals surface area (Å²) in [7, 11) is 1.66. The van der Waals surface area contributed by atoms with Crippen LogP contribution in [0.25, 0.3) is 0 Å². The van der Waals surface area contributed by atoms with E-state index < -0.39 is 0 Å². The molecular formula is C9H19NO3. The molecule has 13 heavy (non-hydrogen) atoms. The van der Waals surface area contributed by atoms with Crippen molar-refractivity contribution in [2.45, 2.75) is 25.9 Å². The highest BCUT2D eigenvalue weighted by molar-refractivity contribution is 5.82. The Morgan fingerprint density at radius 2 is 2.15 bits per heavy atom. The van der Waals surface area contributed by atoms with Gasteiger partial charge in [-0.1, -0.05) is 0 Å². The van der Waals surface area contributed by atoms with Gasteiger partial charge in [-0.15, -0.1) is 0 Å². The van der Waals surface area contributed by atoms with E-state index in [9.17, 15) is 0 Å². The number of aliphatic hydroxyl groups is 1. The maximum Gasteiger partial charge on any atom is 0.0807 e. The third-order valence-electron chi connectivity index (χ3n) is 1.62. The van der Waals surface area contributed by atoms with Crippen LogP contribution in [0.3, 0.4) is 0 Å². The van der Waals surface area contributed by atoms with Gasteiger partial charge in [0, 0.05) is 32.5 Å². The van der Waals surface area contributed by atoms with Crippen LogP contribution in [0.4, 0.5) is 0 Å². The maximum atomic E-state index is 8.59. The highest BCUT2D eigenvalue weighted by Gasteiger charge is 2.04. The molecule has 0 radical (unpaired) electrons. The van der Waals surface area contributed by atoms with Gasteiger partial charge in [0.05, 0.1) is 12.7 Å². The lowest BCUT2D eigenvalue weighted by Crippen LogP contribution is -2.17. The Hall–Kier alpha value is -0.450. The minimum absolute atomic E-state index is 0.0107. The number of hydrogen-bond donors (Lipinski definition) is 2. The van der Waals surface area contributed by atoms with Crippen LogP contribution in [0.2, 0.25) is 0 Å². The van der Waals surface area contributed by atoms with E-state index in [0.29, 0.717) is 25.3 Å². The Kier molecular flexibility index (Phi) is 7.88. The predicted molar refractivity (Wildman–Crippen MR) is 51.3 cm³/mol. The van der Waals surface area contributed by atoms with Crippen LogP contribution in [0, 0.1) is 5.41 Å². The fraction of sp³-hybridized carbons (Fsp3) is 0.889. The Labute approximate surface area is 79.4 Å². The Bertz CT molecular complexity index is 139. The van der Waals surface area contributed by atoms with Gasteiger partial charge in [0.25, 0.3) is 0 Å². The van der Waals surface area contributed by atoms with Crippen molar-refractivity contribution >= 4 is 5.71 Å². The first-order valence-electron chi connectivity index (χ1n) is 4.48. The second kappa shape index (κ2) is 8.16. The Balaban J connectivity index is 3.29. The number of ether oxygens (including phenoxy) is 2. The first-order chi connectivity index (χ1) is 6.20. The first-order valence-corrected chi connectivity index (χ1v) is 4.48. The number of methoxy groups -OCH3 is 1. The van der Waals surface area contributed by atoms with Gasteiger partial charge in [-0.25, -0.2) is 0 Å². The third-order valence-corrected chi connectivity index (χ3v) is 1.62. The summed E-state index contributed by atoms with van der Waals surface area (Å²) in [6.45, 7) is 3.07. The van der Waals surface area contributed by atoms with Gasteiger partial charge in [0.2, 0.25) is 0 Å². The summed E-state index contributed by atoms with van der Waals surface area (Å²) in [6.07, 6.45) is 1.38. The second-order valence-electron chi connectivity index (χ2n) is 2.99. The molecule has 0 saturated heterocycles. The van der Waals surface area contributed by atoms with E-state index >= 15 is 0 Å². The number of rotatable bonds is 8. The molecule has 0 amide bonds. The summed E-state index contributed by atoms with van der Waals surface area (Å²) in [6, 6.07) is 0. The first kappa shape index (κ1) is 12.6. The highest BCUT2D eigenvalue weighted by atomic mass is 16.5. The molecule has 0 aliphatic heterocycles. The van der Waals surface area contributed by atoms with Gasteiger partial charge in [-0.05, 0) is 13.3 Å². The van der Waals surface area contributed by atoms with Crippen LogP contribution in [0.15, 0.2) is 0 Å². The van der Waals surface area contributed by atoms with Gasteiger partial charge in [-0.2, -0.15) is 0 Å². The lowest BCUT2D eigenvalue weighted by atomic mass is 10.2. The van der Waals surface area contributed by atoms with Gasteiger partial charge < -0.3 is 20.0 Å². The van der Waals surface area contributed by atoms with E-state index in [1.807, 2.05) is 6.92 Å². The van der Waals surface area contributed by atoms with Crippen molar-refractivity contribution in [1.29, 1.82) is 5.41 Å². The fourth-order valence-electron chi connectivity index (χ4n) is 0.958. The predicted octanol–water partition coefficient (Wildman–Crippen LogP) is 0.830. The molecule has 1 unspecified atom stereocenters. The van der Waals surface area contributed by atoms with Crippen molar-refractivity contribution in [2.24, 2.45) is 0 Å². The lowest BCUT2D eigenvalue weighted by Gasteiger charge is -2.12. The molecule has 0 bridgehead atoms. The van der Waals surface area contributed by atoms with Crippen molar-refractivity contribution in [1.82, 2.24) is 0 Å². The molecule has 0 aromatic carbocycles. The normalized spacial score (nSPS) is 12.8. The third kappa shape index (κ3) is 7.90. The van der Waals surface area contributed by atoms with E-state index in [4.69, 9.17) is 20.0 Å². The zero-order valence-corrected chi connectivity index (χ0v) is 8.38. The van der Waals surface area contributed by atoms with Crippen LogP contribution in [-0.2, 0) is 9.47 Å². The molecule has 0 fully saturated rings. The molecule has 0 spiro atoms. The monoisotopic (exact) mass is 189 g/mol. The zero-order chi connectivity index (χ0) is 10.1. The zero-order valence-electron chi connectivity index (χ0n) is 8.38. The Morgan fingerprint density at radius 1 is 1.46 bits per heavy atom. The van der Waals surface area contributed by atoms with Gasteiger partial charge in [-0.3, -0.25) is 0 Å². The molecule has 1 atom stereocenters. The molecular weight excluding hydrogens is 170 g/mol. The van der Waals surface area contributed by atoms with E-state index in [2.05, 4.69) is 0 Å². The molecule has 0 aliphatic rings. The average Bonchev–Trinajstić information content (AvgIpc) is 2.12. The van der Waals surface area contributed by atoms with E-state index in [0.717, 1.165) is 6.42 Å². The fourth-order valence-corrected chi connectivity index (χ4v) is 0.958. The van der Waals surface area contributed by atoms with Crippen molar-refractivity contribution in [3.05, 3.63) is 0 Å². The lowest BCUT2D eigenvalue weighted by molar-refractivity contribution is 0.0538. The van der Waals surface area contributed by atoms with E-state index in [1.165, 1.54) is 0 Å². The van der Waals surface area contributed by atoms with Gasteiger partial charge in [0.15, 0.2) is 0 Å². The van der Waals surface area contributed by atoms with Crippen LogP contribution >= 0.6 is 0 Å². The summed E-state index contributed by atoms with van der Waals surface area (Å²) in [5, 5.41) is 15.8. The topological polar surface area (TPSA) is 62.5 Å². The summed E-state index contributed by atoms with van der Waals surface area (Å²) >= 11 is 0. The summed E-state index contributed by atoms with van der Waals surface area (Å²) in [5.41, 5.74) is 0.319. The molecule has 2 N–H and O–H groups in total. The Morgan fingerprint density at radius 3 is 2.69 bits per heavy atom. The van der Waals surface area contributed by atoms with Crippen LogP contribution in [0.1, 0.15) is 19.8 Å². The van der Waals surface area contributed by atoms with Gasteiger partial charge >= 0.3 is 0 Å². The summed E-state index contributed by atoms with van der Waals surface area (Å²) in [5.74, 6) is 0. The van der Waals surface area contributed by atoms with Crippen molar-refractivity contribution < 1.29 is 14.6 Å². The SMILES string of the molecule is COCCCOC(C)CC(=N)CO. The van der Waals surface area contributed by atoms with E-state index in [1.54, 1.807) is 7.11 Å². The average molecular weight is 189 g/mol. The van der Waals surface area contributed by atoms with Gasteiger partial charge in [0.1, 0.15) is 0 Å². The minimum atomic E-state index is -0.175. The molecule has 4 heteroatoms. The maximum absolute atomic E-state index is 8.59. The summed E-state index contributed by atoms with van der Waals surface area (Å²) in [4.78, 5) is 0. The largest absolute Gasteiger partial charge is 0.390 e. The van der Waals surface area contributed by atoms with Crippen LogP contribution < -0.4 is 0 Å². The van der Waals surface area contributed by atoms with Crippen molar-refractivity contribution in [3.8, 4) is 0 Å². The molecule has 0 rings (SSSR count). The van der Waals surface area contributed by atoms with Crippen molar-refractivity contribution in [2.75, 3.05) is 26.9 Å². The van der Waals surface area contributed by atoms with Crippen molar-refractivity contribution in [3.63, 3.8) is 0 Å². The molecule has 4 nitrogen and oxygen atoms in total. The highest BCUT2D eigenvalue weighted by Crippen LogP contribution is 1.99. The standard InChI is InChI=1S/C9H19NO3/c1-8(6-9(10)7-11)13-5-3-4-12-2/h8,10-11H,3-7H2,1-2H3. The quantitative estimate of drug-likeness (QED) is 0.439. The minimum Gasteiger partial charge on any atom is -0.390 e.